The number of hydrogen-bond acceptors (Lipinski definition) is 9. The maximum atomic E-state index is 12.8. The van der Waals surface area contributed by atoms with Gasteiger partial charge in [0.15, 0.2) is 17.3 Å². The summed E-state index contributed by atoms with van der Waals surface area (Å²) in [4.78, 5) is 31.8. The van der Waals surface area contributed by atoms with Gasteiger partial charge in [-0.25, -0.2) is 9.67 Å². The number of rotatable bonds is 5. The van der Waals surface area contributed by atoms with Crippen LogP contribution in [0.2, 0.25) is 0 Å². The van der Waals surface area contributed by atoms with Gasteiger partial charge >= 0.3 is 0 Å². The van der Waals surface area contributed by atoms with Gasteiger partial charge in [-0.3, -0.25) is 9.59 Å². The Labute approximate surface area is 200 Å². The molecule has 0 bridgehead atoms. The molecule has 4 heterocycles. The predicted molar refractivity (Wildman–Crippen MR) is 126 cm³/mol. The van der Waals surface area contributed by atoms with E-state index in [2.05, 4.69) is 36.1 Å². The molecule has 2 aliphatic rings. The molecule has 0 aromatic carbocycles. The Balaban J connectivity index is 1.60. The van der Waals surface area contributed by atoms with E-state index in [-0.39, 0.29) is 35.1 Å². The van der Waals surface area contributed by atoms with Crippen LogP contribution in [0.5, 0.6) is 0 Å². The monoisotopic (exact) mass is 465 g/mol. The van der Waals surface area contributed by atoms with Crippen molar-refractivity contribution in [3.8, 4) is 11.3 Å². The topological polar surface area (TPSA) is 143 Å². The molecule has 12 nitrogen and oxygen atoms in total. The highest BCUT2D eigenvalue weighted by Gasteiger charge is 2.34. The zero-order valence-electron chi connectivity index (χ0n) is 22.2. The number of pyridine rings is 1. The Morgan fingerprint density at radius 1 is 1.18 bits per heavy atom. The van der Waals surface area contributed by atoms with E-state index in [0.29, 0.717) is 17.2 Å². The number of carbonyl (C=O) groups is 2. The predicted octanol–water partition coefficient (Wildman–Crippen LogP) is 1.94. The molecule has 5 rings (SSSR count). The van der Waals surface area contributed by atoms with Gasteiger partial charge in [0.05, 0.1) is 23.1 Å². The molecule has 2 amide bonds. The number of aryl methyl sites for hydroxylation is 2. The molecule has 176 valence electrons. The summed E-state index contributed by atoms with van der Waals surface area (Å²) in [6, 6.07) is 3.26. The van der Waals surface area contributed by atoms with Crippen molar-refractivity contribution in [3.63, 3.8) is 0 Å². The number of anilines is 4. The molecule has 0 unspecified atom stereocenters. The zero-order chi connectivity index (χ0) is 26.6. The zero-order valence-corrected chi connectivity index (χ0v) is 19.2. The normalized spacial score (nSPS) is 18.2. The number of aromatic nitrogens is 6. The lowest BCUT2D eigenvalue weighted by molar-refractivity contribution is -0.117. The van der Waals surface area contributed by atoms with Crippen LogP contribution in [0.15, 0.2) is 12.1 Å². The van der Waals surface area contributed by atoms with Crippen molar-refractivity contribution in [2.45, 2.75) is 32.7 Å². The summed E-state index contributed by atoms with van der Waals surface area (Å²) < 4.78 is 24.0. The maximum absolute atomic E-state index is 12.8. The molecule has 1 aliphatic heterocycles. The third-order valence-electron chi connectivity index (χ3n) is 6.15. The first-order valence-corrected chi connectivity index (χ1v) is 10.9. The largest absolute Gasteiger partial charge is 0.363 e. The van der Waals surface area contributed by atoms with Crippen LogP contribution in [-0.4, -0.2) is 56.0 Å². The van der Waals surface area contributed by atoms with Crippen molar-refractivity contribution < 1.29 is 13.7 Å². The fourth-order valence-corrected chi connectivity index (χ4v) is 4.17. The molecule has 1 aliphatic carbocycles. The number of nitrogens with zero attached hydrogens (tertiary/aromatic N) is 7. The van der Waals surface area contributed by atoms with E-state index in [9.17, 15) is 9.59 Å². The van der Waals surface area contributed by atoms with E-state index in [0.717, 1.165) is 29.8 Å². The molecule has 1 saturated carbocycles. The first kappa shape index (κ1) is 18.3. The minimum atomic E-state index is -2.73. The van der Waals surface area contributed by atoms with Gasteiger partial charge in [-0.2, -0.15) is 0 Å². The van der Waals surface area contributed by atoms with Gasteiger partial charge in [0.1, 0.15) is 5.69 Å². The van der Waals surface area contributed by atoms with E-state index in [1.165, 1.54) is 6.07 Å². The quantitative estimate of drug-likeness (QED) is 0.515. The van der Waals surface area contributed by atoms with Crippen molar-refractivity contribution in [3.05, 3.63) is 29.2 Å². The summed E-state index contributed by atoms with van der Waals surface area (Å²) in [5.74, 6) is -0.678. The van der Waals surface area contributed by atoms with Crippen LogP contribution in [0.4, 0.5) is 23.0 Å². The summed E-state index contributed by atoms with van der Waals surface area (Å²) in [6.45, 7) is 1.12. The molecular weight excluding hydrogens is 436 g/mol. The number of nitrogens with one attached hydrogen (secondary N) is 3. The molecule has 1 fully saturated rings. The van der Waals surface area contributed by atoms with E-state index in [1.54, 1.807) is 4.68 Å². The lowest BCUT2D eigenvalue weighted by Gasteiger charge is -2.34. The molecular formula is C22H26N10O2. The number of amides is 2. The minimum absolute atomic E-state index is 0.0708. The summed E-state index contributed by atoms with van der Waals surface area (Å²) in [5.41, 5.74) is 3.74. The maximum Gasteiger partial charge on any atom is 0.273 e. The van der Waals surface area contributed by atoms with Crippen LogP contribution in [0.3, 0.4) is 0 Å². The van der Waals surface area contributed by atoms with Gasteiger partial charge in [-0.1, -0.05) is 5.21 Å². The van der Waals surface area contributed by atoms with Crippen LogP contribution in [0.25, 0.3) is 11.3 Å². The summed E-state index contributed by atoms with van der Waals surface area (Å²) in [5, 5.41) is 24.2. The highest BCUT2D eigenvalue weighted by atomic mass is 16.2. The molecule has 3 aromatic heterocycles. The van der Waals surface area contributed by atoms with E-state index < -0.39 is 12.9 Å². The van der Waals surface area contributed by atoms with Gasteiger partial charge in [-0.15, -0.1) is 15.3 Å². The van der Waals surface area contributed by atoms with E-state index >= 15 is 0 Å². The molecule has 0 radical (unpaired) electrons. The number of carbonyl (C=O) groups excluding carboxylic acids is 2. The highest BCUT2D eigenvalue weighted by Crippen LogP contribution is 2.46. The number of hydrogen-bond donors (Lipinski definition) is 3. The van der Waals surface area contributed by atoms with Crippen LogP contribution in [-0.2, 0) is 11.8 Å². The Hall–Kier alpha value is -4.09. The van der Waals surface area contributed by atoms with Gasteiger partial charge < -0.3 is 20.9 Å². The van der Waals surface area contributed by atoms with Crippen molar-refractivity contribution in [1.29, 1.82) is 0 Å². The summed E-state index contributed by atoms with van der Waals surface area (Å²) in [6.07, 6.45) is 1.61. The van der Waals surface area contributed by atoms with Gasteiger partial charge in [0, 0.05) is 48.4 Å². The van der Waals surface area contributed by atoms with Crippen LogP contribution in [0, 0.1) is 12.8 Å². The van der Waals surface area contributed by atoms with Gasteiger partial charge in [-0.05, 0) is 32.8 Å². The fourth-order valence-electron chi connectivity index (χ4n) is 4.17. The molecule has 0 spiro atoms. The van der Waals surface area contributed by atoms with Crippen LogP contribution in [0.1, 0.15) is 51.8 Å². The molecule has 1 atom stereocenters. The standard InChI is InChI=1S/C22H26N10O2/c1-10-8-13-16-18(32(5)30-29-16)11(2)31(4)19(13)20(24-10)25-14-9-15(26-21(33)12-6-7-12)27-28-17(14)22(34)23-3/h8-9,11-12H,6-7H2,1-5H3,(H,23,34)(H2,24,25,26,27,33)/t11-/m1/s1/i3D3. The summed E-state index contributed by atoms with van der Waals surface area (Å²) >= 11 is 0. The Morgan fingerprint density at radius 3 is 2.71 bits per heavy atom. The van der Waals surface area contributed by atoms with E-state index in [4.69, 9.17) is 4.11 Å². The summed E-state index contributed by atoms with van der Waals surface area (Å²) in [7, 11) is 3.75. The van der Waals surface area contributed by atoms with Crippen molar-refractivity contribution in [2.75, 3.05) is 29.6 Å². The highest BCUT2D eigenvalue weighted by molar-refractivity contribution is 6.00. The Morgan fingerprint density at radius 2 is 1.97 bits per heavy atom. The average molecular weight is 466 g/mol. The van der Waals surface area contributed by atoms with Crippen LogP contribution < -0.4 is 20.9 Å². The van der Waals surface area contributed by atoms with Gasteiger partial charge in [0.25, 0.3) is 5.91 Å². The number of fused-ring (bicyclic) bond motifs is 3. The van der Waals surface area contributed by atoms with E-state index in [1.807, 2.05) is 44.2 Å². The smallest absolute Gasteiger partial charge is 0.273 e. The molecule has 0 saturated heterocycles. The molecule has 3 aromatic rings. The Bertz CT molecular complexity index is 1420. The first-order chi connectivity index (χ1) is 17.4. The molecule has 12 heteroatoms. The lowest BCUT2D eigenvalue weighted by Crippen LogP contribution is -2.29. The fraction of sp³-hybridized carbons (Fsp3) is 0.409. The second-order valence-electron chi connectivity index (χ2n) is 8.58. The first-order valence-electron chi connectivity index (χ1n) is 12.4. The van der Waals surface area contributed by atoms with Crippen molar-refractivity contribution in [2.24, 2.45) is 13.0 Å². The second kappa shape index (κ2) is 8.04. The second-order valence-corrected chi connectivity index (χ2v) is 8.58. The third kappa shape index (κ3) is 3.60. The molecule has 3 N–H and O–H groups in total. The minimum Gasteiger partial charge on any atom is -0.363 e. The Kier molecular flexibility index (Phi) is 4.34. The van der Waals surface area contributed by atoms with Crippen molar-refractivity contribution >= 4 is 34.8 Å². The SMILES string of the molecule is [2H]C([2H])([2H])NC(=O)c1nnc(NC(=O)C2CC2)cc1Nc1nc(C)cc2c1N(C)[C@H](C)c1c-2nnn1C. The van der Waals surface area contributed by atoms with Crippen molar-refractivity contribution in [1.82, 2.24) is 35.5 Å². The van der Waals surface area contributed by atoms with Crippen LogP contribution >= 0.6 is 0 Å². The third-order valence-corrected chi connectivity index (χ3v) is 6.15. The molecule has 34 heavy (non-hydrogen) atoms. The average Bonchev–Trinajstić information content (AvgIpc) is 3.58. The lowest BCUT2D eigenvalue weighted by atomic mass is 9.97. The van der Waals surface area contributed by atoms with Gasteiger partial charge in [0.2, 0.25) is 5.91 Å².